The summed E-state index contributed by atoms with van der Waals surface area (Å²) in [5.74, 6) is 0.807. The number of halogens is 1. The van der Waals surface area contributed by atoms with Crippen molar-refractivity contribution in [3.63, 3.8) is 0 Å². The van der Waals surface area contributed by atoms with Crippen molar-refractivity contribution in [1.82, 2.24) is 4.57 Å². The summed E-state index contributed by atoms with van der Waals surface area (Å²) in [6.07, 6.45) is 3.83. The van der Waals surface area contributed by atoms with Crippen LogP contribution < -0.4 is 4.74 Å². The molecule has 0 saturated heterocycles. The number of nitrogens with zero attached hydrogens (tertiary/aromatic N) is 2. The molecule has 118 valence electrons. The van der Waals surface area contributed by atoms with E-state index in [0.29, 0.717) is 10.6 Å². The lowest BCUT2D eigenvalue weighted by Gasteiger charge is -2.08. The number of benzene rings is 2. The molecule has 0 aliphatic rings. The molecular formula is C20H15ClN2O. The fraction of sp³-hybridized carbons (Fsp3) is 0.0500. The van der Waals surface area contributed by atoms with Crippen LogP contribution in [0.15, 0.2) is 66.9 Å². The largest absolute Gasteiger partial charge is 0.497 e. The molecule has 0 radical (unpaired) electrons. The second kappa shape index (κ2) is 7.08. The van der Waals surface area contributed by atoms with Crippen molar-refractivity contribution in [2.24, 2.45) is 0 Å². The van der Waals surface area contributed by atoms with E-state index in [0.717, 1.165) is 22.7 Å². The molecule has 0 saturated carbocycles. The number of aromatic nitrogens is 1. The van der Waals surface area contributed by atoms with Gasteiger partial charge in [0.05, 0.1) is 18.8 Å². The number of rotatable bonds is 4. The van der Waals surface area contributed by atoms with Crippen molar-refractivity contribution in [3.8, 4) is 17.5 Å². The zero-order chi connectivity index (χ0) is 16.9. The van der Waals surface area contributed by atoms with Crippen molar-refractivity contribution >= 4 is 23.3 Å². The molecule has 0 unspecified atom stereocenters. The van der Waals surface area contributed by atoms with E-state index in [4.69, 9.17) is 16.3 Å². The summed E-state index contributed by atoms with van der Waals surface area (Å²) in [6, 6.07) is 21.2. The minimum Gasteiger partial charge on any atom is -0.497 e. The maximum atomic E-state index is 9.50. The quantitative estimate of drug-likeness (QED) is 0.615. The van der Waals surface area contributed by atoms with Gasteiger partial charge in [0.25, 0.3) is 0 Å². The third-order valence-corrected chi connectivity index (χ3v) is 3.95. The Morgan fingerprint density at radius 2 is 1.79 bits per heavy atom. The first-order valence-corrected chi connectivity index (χ1v) is 7.78. The van der Waals surface area contributed by atoms with Crippen LogP contribution in [0.3, 0.4) is 0 Å². The van der Waals surface area contributed by atoms with Gasteiger partial charge >= 0.3 is 0 Å². The molecule has 2 aromatic carbocycles. The van der Waals surface area contributed by atoms with Crippen molar-refractivity contribution in [1.29, 1.82) is 5.26 Å². The summed E-state index contributed by atoms with van der Waals surface area (Å²) in [5.41, 5.74) is 3.34. The van der Waals surface area contributed by atoms with Crippen LogP contribution in [0.5, 0.6) is 5.75 Å². The van der Waals surface area contributed by atoms with Gasteiger partial charge in [-0.3, -0.25) is 0 Å². The third kappa shape index (κ3) is 3.34. The maximum Gasteiger partial charge on any atom is 0.119 e. The van der Waals surface area contributed by atoms with Crippen molar-refractivity contribution in [2.45, 2.75) is 0 Å². The highest BCUT2D eigenvalue weighted by Gasteiger charge is 2.06. The average molecular weight is 335 g/mol. The van der Waals surface area contributed by atoms with Gasteiger partial charge in [0.2, 0.25) is 0 Å². The van der Waals surface area contributed by atoms with Crippen LogP contribution >= 0.6 is 11.6 Å². The van der Waals surface area contributed by atoms with Crippen LogP contribution in [0.2, 0.25) is 5.02 Å². The molecule has 0 spiro atoms. The smallest absolute Gasteiger partial charge is 0.119 e. The van der Waals surface area contributed by atoms with E-state index in [-0.39, 0.29) is 0 Å². The Hall–Kier alpha value is -2.96. The molecule has 0 N–H and O–H groups in total. The molecule has 0 amide bonds. The molecule has 3 aromatic rings. The highest BCUT2D eigenvalue weighted by atomic mass is 35.5. The maximum absolute atomic E-state index is 9.50. The summed E-state index contributed by atoms with van der Waals surface area (Å²) < 4.78 is 7.21. The summed E-state index contributed by atoms with van der Waals surface area (Å²) in [6.45, 7) is 0. The van der Waals surface area contributed by atoms with Crippen LogP contribution in [-0.2, 0) is 0 Å². The number of hydrogen-bond acceptors (Lipinski definition) is 2. The zero-order valence-corrected chi connectivity index (χ0v) is 13.9. The summed E-state index contributed by atoms with van der Waals surface area (Å²) in [7, 11) is 1.64. The number of nitriles is 1. The molecule has 4 heteroatoms. The number of allylic oxidation sites excluding steroid dienone is 1. The molecular weight excluding hydrogens is 320 g/mol. The van der Waals surface area contributed by atoms with E-state index in [1.165, 1.54) is 0 Å². The highest BCUT2D eigenvalue weighted by Crippen LogP contribution is 2.23. The monoisotopic (exact) mass is 334 g/mol. The fourth-order valence-corrected chi connectivity index (χ4v) is 2.57. The zero-order valence-electron chi connectivity index (χ0n) is 13.1. The molecule has 0 aliphatic heterocycles. The van der Waals surface area contributed by atoms with Crippen molar-refractivity contribution in [3.05, 3.63) is 83.1 Å². The van der Waals surface area contributed by atoms with E-state index in [1.54, 1.807) is 19.2 Å². The molecule has 0 atom stereocenters. The van der Waals surface area contributed by atoms with Gasteiger partial charge in [-0.2, -0.15) is 5.26 Å². The lowest BCUT2D eigenvalue weighted by molar-refractivity contribution is 0.414. The molecule has 3 nitrogen and oxygen atoms in total. The van der Waals surface area contributed by atoms with Crippen LogP contribution in [0.4, 0.5) is 0 Å². The van der Waals surface area contributed by atoms with Gasteiger partial charge < -0.3 is 9.30 Å². The van der Waals surface area contributed by atoms with Gasteiger partial charge in [0.1, 0.15) is 5.75 Å². The minimum atomic E-state index is 0.583. The molecule has 0 aliphatic carbocycles. The van der Waals surface area contributed by atoms with E-state index in [2.05, 4.69) is 6.07 Å². The average Bonchev–Trinajstić information content (AvgIpc) is 3.09. The predicted molar refractivity (Wildman–Crippen MR) is 97.3 cm³/mol. The topological polar surface area (TPSA) is 38.0 Å². The van der Waals surface area contributed by atoms with Gasteiger partial charge in [-0.05, 0) is 60.2 Å². The van der Waals surface area contributed by atoms with Gasteiger partial charge in [0, 0.05) is 22.6 Å². The van der Waals surface area contributed by atoms with Crippen LogP contribution in [0.25, 0.3) is 17.3 Å². The molecule has 1 heterocycles. The Bertz CT molecular complexity index is 900. The minimum absolute atomic E-state index is 0.583. The first-order valence-electron chi connectivity index (χ1n) is 7.41. The number of ether oxygens (including phenoxy) is 1. The Labute approximate surface area is 146 Å². The Morgan fingerprint density at radius 1 is 1.08 bits per heavy atom. The van der Waals surface area contributed by atoms with E-state index in [1.807, 2.05) is 65.4 Å². The van der Waals surface area contributed by atoms with E-state index >= 15 is 0 Å². The molecule has 3 rings (SSSR count). The summed E-state index contributed by atoms with van der Waals surface area (Å²) >= 11 is 5.92. The predicted octanol–water partition coefficient (Wildman–Crippen LogP) is 5.20. The lowest BCUT2D eigenvalue weighted by Crippen LogP contribution is -1.95. The van der Waals surface area contributed by atoms with Gasteiger partial charge in [-0.1, -0.05) is 23.7 Å². The standard InChI is InChI=1S/C20H15ClN2O/c1-24-20-10-8-18(9-11-20)23-12-2-3-19(23)13-16(14-22)15-4-6-17(21)7-5-15/h2-13H,1H3/b16-13-. The SMILES string of the molecule is COc1ccc(-n2cccc2/C=C(/C#N)c2ccc(Cl)cc2)cc1. The molecule has 0 fully saturated rings. The number of hydrogen-bond donors (Lipinski definition) is 0. The Morgan fingerprint density at radius 3 is 2.42 bits per heavy atom. The molecule has 24 heavy (non-hydrogen) atoms. The lowest BCUT2D eigenvalue weighted by atomic mass is 10.1. The van der Waals surface area contributed by atoms with E-state index in [9.17, 15) is 5.26 Å². The van der Waals surface area contributed by atoms with Crippen molar-refractivity contribution in [2.75, 3.05) is 7.11 Å². The van der Waals surface area contributed by atoms with E-state index < -0.39 is 0 Å². The normalized spacial score (nSPS) is 11.1. The first kappa shape index (κ1) is 15.9. The first-order chi connectivity index (χ1) is 11.7. The number of methoxy groups -OCH3 is 1. The van der Waals surface area contributed by atoms with Gasteiger partial charge in [-0.25, -0.2) is 0 Å². The second-order valence-corrected chi connectivity index (χ2v) is 5.61. The van der Waals surface area contributed by atoms with Crippen molar-refractivity contribution < 1.29 is 4.74 Å². The fourth-order valence-electron chi connectivity index (χ4n) is 2.45. The summed E-state index contributed by atoms with van der Waals surface area (Å²) in [4.78, 5) is 0. The second-order valence-electron chi connectivity index (χ2n) is 5.18. The van der Waals surface area contributed by atoms with Gasteiger partial charge in [0.15, 0.2) is 0 Å². The summed E-state index contributed by atoms with van der Waals surface area (Å²) in [5, 5.41) is 10.2. The molecule has 1 aromatic heterocycles. The Kier molecular flexibility index (Phi) is 4.69. The van der Waals surface area contributed by atoms with Crippen LogP contribution in [0.1, 0.15) is 11.3 Å². The Balaban J connectivity index is 1.99. The van der Waals surface area contributed by atoms with Gasteiger partial charge in [-0.15, -0.1) is 0 Å². The third-order valence-electron chi connectivity index (χ3n) is 3.70. The van der Waals surface area contributed by atoms with Crippen LogP contribution in [-0.4, -0.2) is 11.7 Å². The molecule has 0 bridgehead atoms. The van der Waals surface area contributed by atoms with Crippen LogP contribution in [0, 0.1) is 11.3 Å². The highest BCUT2D eigenvalue weighted by molar-refractivity contribution is 6.30.